The number of halogens is 3. The van der Waals surface area contributed by atoms with E-state index in [9.17, 15) is 21.6 Å². The molecule has 22 heavy (non-hydrogen) atoms. The second-order valence-electron chi connectivity index (χ2n) is 4.76. The molecule has 2 rings (SSSR count). The van der Waals surface area contributed by atoms with E-state index in [1.807, 2.05) is 0 Å². The molecule has 0 aliphatic rings. The Morgan fingerprint density at radius 1 is 1.18 bits per heavy atom. The lowest BCUT2D eigenvalue weighted by Crippen LogP contribution is -2.14. The van der Waals surface area contributed by atoms with Gasteiger partial charge in [-0.05, 0) is 31.5 Å². The van der Waals surface area contributed by atoms with Gasteiger partial charge in [-0.3, -0.25) is 0 Å². The largest absolute Gasteiger partial charge is 0.393 e. The number of anilines is 1. The summed E-state index contributed by atoms with van der Waals surface area (Å²) in [5, 5.41) is 3.62. The highest BCUT2D eigenvalue weighted by Crippen LogP contribution is 2.24. The van der Waals surface area contributed by atoms with E-state index in [2.05, 4.69) is 9.88 Å². The van der Waals surface area contributed by atoms with Gasteiger partial charge in [0.05, 0.1) is 17.0 Å². The zero-order valence-electron chi connectivity index (χ0n) is 11.7. The molecule has 0 aliphatic carbocycles. The predicted molar refractivity (Wildman–Crippen MR) is 73.0 cm³/mol. The molecule has 0 bridgehead atoms. The molecule has 5 nitrogen and oxygen atoms in total. The number of hydrogen-bond donors (Lipinski definition) is 1. The first-order valence-corrected chi connectivity index (χ1v) is 7.68. The van der Waals surface area contributed by atoms with E-state index < -0.39 is 22.6 Å². The van der Waals surface area contributed by atoms with Crippen LogP contribution in [-0.2, 0) is 16.4 Å². The summed E-state index contributed by atoms with van der Waals surface area (Å²) in [5.74, 6) is -0.0168. The maximum atomic E-state index is 12.3. The average Bonchev–Trinajstić information content (AvgIpc) is 2.69. The first kappa shape index (κ1) is 16.3. The summed E-state index contributed by atoms with van der Waals surface area (Å²) in [6, 6.07) is 4.48. The van der Waals surface area contributed by atoms with Crippen molar-refractivity contribution in [1.82, 2.24) is 5.16 Å². The molecular weight excluding hydrogens is 321 g/mol. The lowest BCUT2D eigenvalue weighted by atomic mass is 10.1. The van der Waals surface area contributed by atoms with Gasteiger partial charge in [0.25, 0.3) is 10.0 Å². The van der Waals surface area contributed by atoms with E-state index in [0.717, 1.165) is 24.3 Å². The van der Waals surface area contributed by atoms with Crippen molar-refractivity contribution >= 4 is 15.9 Å². The second-order valence-corrected chi connectivity index (χ2v) is 6.45. The SMILES string of the molecule is Cc1noc(NS(=O)(=O)c2ccc(CC(F)(F)F)cc2)c1C. The third-order valence-corrected chi connectivity index (χ3v) is 4.37. The van der Waals surface area contributed by atoms with Crippen LogP contribution in [0.1, 0.15) is 16.8 Å². The Labute approximate surface area is 125 Å². The smallest absolute Gasteiger partial charge is 0.337 e. The Morgan fingerprint density at radius 2 is 1.77 bits per heavy atom. The van der Waals surface area contributed by atoms with E-state index in [-0.39, 0.29) is 16.3 Å². The van der Waals surface area contributed by atoms with Crippen LogP contribution in [0.2, 0.25) is 0 Å². The van der Waals surface area contributed by atoms with Crippen molar-refractivity contribution in [3.8, 4) is 0 Å². The van der Waals surface area contributed by atoms with Crippen LogP contribution in [0.15, 0.2) is 33.7 Å². The molecule has 0 aliphatic heterocycles. The first-order valence-electron chi connectivity index (χ1n) is 6.20. The number of hydrogen-bond acceptors (Lipinski definition) is 4. The summed E-state index contributed by atoms with van der Waals surface area (Å²) in [4.78, 5) is -0.160. The predicted octanol–water partition coefficient (Wildman–Crippen LogP) is 3.20. The number of aryl methyl sites for hydroxylation is 1. The van der Waals surface area contributed by atoms with Gasteiger partial charge in [-0.2, -0.15) is 13.2 Å². The highest BCUT2D eigenvalue weighted by Gasteiger charge is 2.28. The van der Waals surface area contributed by atoms with Crippen LogP contribution in [0.3, 0.4) is 0 Å². The molecular formula is C13H13F3N2O3S. The summed E-state index contributed by atoms with van der Waals surface area (Å²) < 4.78 is 68.1. The Morgan fingerprint density at radius 3 is 2.23 bits per heavy atom. The lowest BCUT2D eigenvalue weighted by molar-refractivity contribution is -0.127. The highest BCUT2D eigenvalue weighted by atomic mass is 32.2. The lowest BCUT2D eigenvalue weighted by Gasteiger charge is -2.08. The van der Waals surface area contributed by atoms with Gasteiger partial charge in [-0.1, -0.05) is 17.3 Å². The van der Waals surface area contributed by atoms with Gasteiger partial charge in [0.15, 0.2) is 0 Å². The fourth-order valence-corrected chi connectivity index (χ4v) is 2.76. The quantitative estimate of drug-likeness (QED) is 0.932. The molecule has 0 atom stereocenters. The van der Waals surface area contributed by atoms with Crippen molar-refractivity contribution in [1.29, 1.82) is 0 Å². The second kappa shape index (κ2) is 5.64. The number of alkyl halides is 3. The topological polar surface area (TPSA) is 72.2 Å². The van der Waals surface area contributed by atoms with Crippen LogP contribution in [0.25, 0.3) is 0 Å². The highest BCUT2D eigenvalue weighted by molar-refractivity contribution is 7.92. The molecule has 1 N–H and O–H groups in total. The van der Waals surface area contributed by atoms with Crippen LogP contribution in [0, 0.1) is 13.8 Å². The zero-order chi connectivity index (χ0) is 16.5. The van der Waals surface area contributed by atoms with E-state index in [1.165, 1.54) is 0 Å². The van der Waals surface area contributed by atoms with Crippen LogP contribution in [-0.4, -0.2) is 19.8 Å². The molecule has 0 unspecified atom stereocenters. The van der Waals surface area contributed by atoms with Crippen molar-refractivity contribution in [3.63, 3.8) is 0 Å². The first-order chi connectivity index (χ1) is 10.1. The molecule has 9 heteroatoms. The van der Waals surface area contributed by atoms with Gasteiger partial charge in [-0.15, -0.1) is 0 Å². The minimum Gasteiger partial charge on any atom is -0.337 e. The Bertz CT molecular complexity index is 765. The number of rotatable bonds is 4. The molecule has 2 aromatic rings. The molecule has 0 radical (unpaired) electrons. The maximum Gasteiger partial charge on any atom is 0.393 e. The Kier molecular flexibility index (Phi) is 4.19. The Hall–Kier alpha value is -2.03. The Balaban J connectivity index is 2.21. The minimum atomic E-state index is -4.34. The molecule has 0 amide bonds. The fourth-order valence-electron chi connectivity index (χ4n) is 1.71. The maximum absolute atomic E-state index is 12.3. The number of sulfonamides is 1. The van der Waals surface area contributed by atoms with Gasteiger partial charge in [0, 0.05) is 5.56 Å². The normalized spacial score (nSPS) is 12.4. The summed E-state index contributed by atoms with van der Waals surface area (Å²) in [5.41, 5.74) is 1.06. The van der Waals surface area contributed by atoms with Crippen LogP contribution >= 0.6 is 0 Å². The van der Waals surface area contributed by atoms with E-state index in [0.29, 0.717) is 11.3 Å². The summed E-state index contributed by atoms with van der Waals surface area (Å²) in [6.45, 7) is 3.29. The molecule has 0 spiro atoms. The van der Waals surface area contributed by atoms with Crippen molar-refractivity contribution < 1.29 is 26.1 Å². The summed E-state index contributed by atoms with van der Waals surface area (Å²) in [7, 11) is -3.95. The molecule has 120 valence electrons. The monoisotopic (exact) mass is 334 g/mol. The van der Waals surface area contributed by atoms with Crippen molar-refractivity contribution in [2.24, 2.45) is 0 Å². The van der Waals surface area contributed by atoms with E-state index in [1.54, 1.807) is 13.8 Å². The third-order valence-electron chi connectivity index (χ3n) is 3.02. The van der Waals surface area contributed by atoms with Crippen molar-refractivity contribution in [2.75, 3.05) is 4.72 Å². The van der Waals surface area contributed by atoms with Crippen molar-refractivity contribution in [3.05, 3.63) is 41.1 Å². The molecule has 0 fully saturated rings. The summed E-state index contributed by atoms with van der Waals surface area (Å²) >= 11 is 0. The number of benzene rings is 1. The van der Waals surface area contributed by atoms with Gasteiger partial charge >= 0.3 is 6.18 Å². The molecule has 0 saturated heterocycles. The average molecular weight is 334 g/mol. The minimum absolute atomic E-state index is 0.0156. The third kappa shape index (κ3) is 3.79. The van der Waals surface area contributed by atoms with Crippen molar-refractivity contribution in [2.45, 2.75) is 31.3 Å². The van der Waals surface area contributed by atoms with Crippen LogP contribution in [0.4, 0.5) is 19.1 Å². The van der Waals surface area contributed by atoms with Gasteiger partial charge in [0.2, 0.25) is 5.88 Å². The number of aromatic nitrogens is 1. The molecule has 1 heterocycles. The zero-order valence-corrected chi connectivity index (χ0v) is 12.5. The van der Waals surface area contributed by atoms with Crippen LogP contribution in [0.5, 0.6) is 0 Å². The fraction of sp³-hybridized carbons (Fsp3) is 0.308. The molecule has 1 aromatic heterocycles. The van der Waals surface area contributed by atoms with Gasteiger partial charge < -0.3 is 4.52 Å². The van der Waals surface area contributed by atoms with Crippen LogP contribution < -0.4 is 4.72 Å². The van der Waals surface area contributed by atoms with Gasteiger partial charge in [-0.25, -0.2) is 13.1 Å². The van der Waals surface area contributed by atoms with E-state index in [4.69, 9.17) is 4.52 Å². The standard InChI is InChI=1S/C13H13F3N2O3S/c1-8-9(2)17-21-12(8)18-22(19,20)11-5-3-10(4-6-11)7-13(14,15)16/h3-6,18H,7H2,1-2H3. The number of nitrogens with one attached hydrogen (secondary N) is 1. The number of nitrogens with zero attached hydrogens (tertiary/aromatic N) is 1. The summed E-state index contributed by atoms with van der Waals surface area (Å²) in [6.07, 6.45) is -5.45. The molecule has 1 aromatic carbocycles. The van der Waals surface area contributed by atoms with E-state index >= 15 is 0 Å². The van der Waals surface area contributed by atoms with Gasteiger partial charge in [0.1, 0.15) is 0 Å². The molecule has 0 saturated carbocycles.